The van der Waals surface area contributed by atoms with E-state index in [2.05, 4.69) is 37.9 Å². The minimum atomic E-state index is 0.108. The summed E-state index contributed by atoms with van der Waals surface area (Å²) < 4.78 is 0. The van der Waals surface area contributed by atoms with Crippen LogP contribution in [0.3, 0.4) is 0 Å². The molecule has 0 bridgehead atoms. The third-order valence-corrected chi connectivity index (χ3v) is 1.34. The summed E-state index contributed by atoms with van der Waals surface area (Å²) in [6.45, 7) is 7.90. The Labute approximate surface area is 69.5 Å². The van der Waals surface area contributed by atoms with Gasteiger partial charge in [0, 0.05) is 12.5 Å². The van der Waals surface area contributed by atoms with Crippen LogP contribution in [0.4, 0.5) is 0 Å². The Balaban J connectivity index is 4.09. The molecule has 0 aliphatic carbocycles. The van der Waals surface area contributed by atoms with Crippen LogP contribution < -0.4 is 5.32 Å². The molecule has 62 valence electrons. The van der Waals surface area contributed by atoms with E-state index >= 15 is 0 Å². The fourth-order valence-corrected chi connectivity index (χ4v) is 0.670. The molecule has 0 aromatic carbocycles. The molecule has 1 N–H and O–H groups in total. The fraction of sp³-hybridized carbons (Fsp3) is 0.400. The molecule has 0 atom stereocenters. The zero-order chi connectivity index (χ0) is 8.74. The molecule has 0 spiro atoms. The summed E-state index contributed by atoms with van der Waals surface area (Å²) in [6, 6.07) is 0. The van der Waals surface area contributed by atoms with Crippen molar-refractivity contribution in [2.75, 3.05) is 7.05 Å². The van der Waals surface area contributed by atoms with Gasteiger partial charge in [-0.25, -0.2) is 0 Å². The monoisotopic (exact) mass is 151 g/mol. The van der Waals surface area contributed by atoms with Gasteiger partial charge in [0.25, 0.3) is 0 Å². The van der Waals surface area contributed by atoms with Crippen LogP contribution in [0.1, 0.15) is 13.8 Å². The maximum atomic E-state index is 3.62. The Morgan fingerprint density at radius 2 is 1.91 bits per heavy atom. The van der Waals surface area contributed by atoms with Crippen molar-refractivity contribution >= 4 is 0 Å². The Kier molecular flexibility index (Phi) is 4.35. The first-order valence-corrected chi connectivity index (χ1v) is 3.77. The minimum absolute atomic E-state index is 0.108. The Morgan fingerprint density at radius 3 is 2.36 bits per heavy atom. The van der Waals surface area contributed by atoms with Crippen LogP contribution in [0.25, 0.3) is 0 Å². The zero-order valence-corrected chi connectivity index (χ0v) is 7.59. The molecular weight excluding hydrogens is 134 g/mol. The van der Waals surface area contributed by atoms with Crippen molar-refractivity contribution in [2.24, 2.45) is 5.41 Å². The predicted molar refractivity (Wildman–Crippen MR) is 51.3 cm³/mol. The lowest BCUT2D eigenvalue weighted by molar-refractivity contribution is 0.622. The highest BCUT2D eigenvalue weighted by Gasteiger charge is 2.06. The number of nitrogens with one attached hydrogen (secondary N) is 1. The van der Waals surface area contributed by atoms with Crippen molar-refractivity contribution in [1.82, 2.24) is 5.32 Å². The third-order valence-electron chi connectivity index (χ3n) is 1.34. The molecule has 0 aliphatic heterocycles. The second kappa shape index (κ2) is 4.78. The van der Waals surface area contributed by atoms with Gasteiger partial charge in [0.1, 0.15) is 0 Å². The van der Waals surface area contributed by atoms with Crippen LogP contribution in [-0.4, -0.2) is 7.05 Å². The van der Waals surface area contributed by atoms with Gasteiger partial charge in [0.2, 0.25) is 0 Å². The number of allylic oxidation sites excluding steroid dienone is 4. The summed E-state index contributed by atoms with van der Waals surface area (Å²) in [4.78, 5) is 0. The minimum Gasteiger partial charge on any atom is -0.394 e. The molecule has 0 aromatic rings. The van der Waals surface area contributed by atoms with Gasteiger partial charge in [0.05, 0.1) is 0 Å². The molecule has 0 fully saturated rings. The summed E-state index contributed by atoms with van der Waals surface area (Å²) in [5.41, 5.74) is 0.108. The quantitative estimate of drug-likeness (QED) is 0.609. The maximum Gasteiger partial charge on any atom is 0.00276 e. The molecular formula is C10H17N. The highest BCUT2D eigenvalue weighted by atomic mass is 14.8. The van der Waals surface area contributed by atoms with E-state index in [9.17, 15) is 0 Å². The molecule has 0 saturated heterocycles. The van der Waals surface area contributed by atoms with Crippen molar-refractivity contribution < 1.29 is 0 Å². The van der Waals surface area contributed by atoms with Crippen LogP contribution in [-0.2, 0) is 0 Å². The average molecular weight is 151 g/mol. The number of rotatable bonds is 4. The van der Waals surface area contributed by atoms with E-state index in [1.807, 2.05) is 19.3 Å². The Morgan fingerprint density at radius 1 is 1.27 bits per heavy atom. The third kappa shape index (κ3) is 5.46. The molecule has 0 radical (unpaired) electrons. The normalized spacial score (nSPS) is 12.6. The van der Waals surface area contributed by atoms with Gasteiger partial charge in [-0.05, 0) is 6.20 Å². The summed E-state index contributed by atoms with van der Waals surface area (Å²) in [5, 5.41) is 2.96. The Bertz CT molecular complexity index is 164. The predicted octanol–water partition coefficient (Wildman–Crippen LogP) is 2.49. The first-order valence-electron chi connectivity index (χ1n) is 3.77. The topological polar surface area (TPSA) is 12.0 Å². The van der Waals surface area contributed by atoms with Gasteiger partial charge in [-0.3, -0.25) is 0 Å². The van der Waals surface area contributed by atoms with Gasteiger partial charge < -0.3 is 5.32 Å². The van der Waals surface area contributed by atoms with Crippen molar-refractivity contribution in [1.29, 1.82) is 0 Å². The lowest BCUT2D eigenvalue weighted by atomic mass is 9.93. The van der Waals surface area contributed by atoms with E-state index in [0.717, 1.165) is 0 Å². The second-order valence-electron chi connectivity index (χ2n) is 3.04. The molecule has 0 heterocycles. The molecule has 0 aromatic heterocycles. The summed E-state index contributed by atoms with van der Waals surface area (Å²) in [6.07, 6.45) is 9.89. The van der Waals surface area contributed by atoms with Gasteiger partial charge >= 0.3 is 0 Å². The van der Waals surface area contributed by atoms with E-state index < -0.39 is 0 Å². The lowest BCUT2D eigenvalue weighted by Gasteiger charge is -2.13. The van der Waals surface area contributed by atoms with Crippen molar-refractivity contribution in [2.45, 2.75) is 13.8 Å². The first-order chi connectivity index (χ1) is 5.12. The van der Waals surface area contributed by atoms with E-state index in [1.165, 1.54) is 0 Å². The first kappa shape index (κ1) is 10.0. The van der Waals surface area contributed by atoms with Crippen LogP contribution >= 0.6 is 0 Å². The molecule has 0 aliphatic rings. The van der Waals surface area contributed by atoms with Crippen molar-refractivity contribution in [3.63, 3.8) is 0 Å². The van der Waals surface area contributed by atoms with Crippen LogP contribution in [0.5, 0.6) is 0 Å². The highest BCUT2D eigenvalue weighted by Crippen LogP contribution is 2.18. The van der Waals surface area contributed by atoms with Gasteiger partial charge in [-0.1, -0.05) is 44.7 Å². The summed E-state index contributed by atoms with van der Waals surface area (Å²) in [5.74, 6) is 0. The summed E-state index contributed by atoms with van der Waals surface area (Å²) >= 11 is 0. The van der Waals surface area contributed by atoms with E-state index in [1.54, 1.807) is 6.08 Å². The molecule has 1 nitrogen and oxygen atoms in total. The van der Waals surface area contributed by atoms with Crippen LogP contribution in [0.15, 0.2) is 37.1 Å². The van der Waals surface area contributed by atoms with E-state index in [0.29, 0.717) is 0 Å². The maximum absolute atomic E-state index is 3.62. The van der Waals surface area contributed by atoms with Crippen molar-refractivity contribution in [3.05, 3.63) is 37.1 Å². The second-order valence-corrected chi connectivity index (χ2v) is 3.04. The van der Waals surface area contributed by atoms with Gasteiger partial charge in [-0.2, -0.15) is 0 Å². The number of hydrogen-bond acceptors (Lipinski definition) is 1. The molecule has 0 unspecified atom stereocenters. The largest absolute Gasteiger partial charge is 0.394 e. The van der Waals surface area contributed by atoms with Crippen LogP contribution in [0.2, 0.25) is 0 Å². The molecule has 0 amide bonds. The number of hydrogen-bond donors (Lipinski definition) is 1. The standard InChI is InChI=1S/C10H17N/c1-5-6-7-10(2,3)8-9-11-4/h5-9,11H,1H2,2-4H3/b7-6-,9-8-. The zero-order valence-electron chi connectivity index (χ0n) is 7.59. The Hall–Kier alpha value is -0.980. The van der Waals surface area contributed by atoms with E-state index in [-0.39, 0.29) is 5.41 Å². The molecule has 0 rings (SSSR count). The van der Waals surface area contributed by atoms with Crippen molar-refractivity contribution in [3.8, 4) is 0 Å². The fourth-order valence-electron chi connectivity index (χ4n) is 0.670. The molecule has 1 heteroatoms. The average Bonchev–Trinajstić information content (AvgIpc) is 1.97. The summed E-state index contributed by atoms with van der Waals surface area (Å²) in [7, 11) is 1.89. The van der Waals surface area contributed by atoms with E-state index in [4.69, 9.17) is 0 Å². The molecule has 11 heavy (non-hydrogen) atoms. The molecule has 0 saturated carbocycles. The van der Waals surface area contributed by atoms with Gasteiger partial charge in [0.15, 0.2) is 0 Å². The smallest absolute Gasteiger partial charge is 0.00276 e. The highest BCUT2D eigenvalue weighted by molar-refractivity contribution is 5.11. The van der Waals surface area contributed by atoms with Gasteiger partial charge in [-0.15, -0.1) is 0 Å². The van der Waals surface area contributed by atoms with Crippen LogP contribution in [0, 0.1) is 5.41 Å². The lowest BCUT2D eigenvalue weighted by Crippen LogP contribution is -2.04. The SMILES string of the molecule is C=C/C=C\C(C)(C)/C=C\NC.